The summed E-state index contributed by atoms with van der Waals surface area (Å²) >= 11 is 0. The van der Waals surface area contributed by atoms with Gasteiger partial charge in [0.1, 0.15) is 0 Å². The number of aromatic nitrogens is 2. The van der Waals surface area contributed by atoms with Crippen LogP contribution in [0.4, 0.5) is 0 Å². The summed E-state index contributed by atoms with van der Waals surface area (Å²) in [4.78, 5) is 28.0. The molecule has 1 aliphatic carbocycles. The lowest BCUT2D eigenvalue weighted by Crippen LogP contribution is -2.44. The number of amides is 1. The van der Waals surface area contributed by atoms with Gasteiger partial charge in [0.15, 0.2) is 5.69 Å². The van der Waals surface area contributed by atoms with Crippen molar-refractivity contribution in [2.24, 2.45) is 5.92 Å². The Kier molecular flexibility index (Phi) is 5.71. The van der Waals surface area contributed by atoms with E-state index in [0.29, 0.717) is 17.9 Å². The van der Waals surface area contributed by atoms with E-state index in [2.05, 4.69) is 10.00 Å². The van der Waals surface area contributed by atoms with E-state index >= 15 is 0 Å². The van der Waals surface area contributed by atoms with Gasteiger partial charge in [0.05, 0.1) is 0 Å². The van der Waals surface area contributed by atoms with E-state index in [0.717, 1.165) is 82.5 Å². The number of hydrogen-bond donors (Lipinski definition) is 1. The molecule has 1 atom stereocenters. The first-order valence-corrected chi connectivity index (χ1v) is 10.9. The summed E-state index contributed by atoms with van der Waals surface area (Å²) in [5, 5.41) is 13.9. The molecule has 7 heteroatoms. The predicted octanol–water partition coefficient (Wildman–Crippen LogP) is 2.18. The zero-order chi connectivity index (χ0) is 19.7. The van der Waals surface area contributed by atoms with Crippen LogP contribution in [0.2, 0.25) is 0 Å². The molecule has 0 bridgehead atoms. The number of fused-ring (bicyclic) bond motifs is 1. The van der Waals surface area contributed by atoms with Crippen LogP contribution in [0.15, 0.2) is 0 Å². The molecular weight excluding hydrogens is 356 g/mol. The van der Waals surface area contributed by atoms with Crippen molar-refractivity contribution in [3.63, 3.8) is 0 Å². The molecule has 3 aliphatic rings. The number of carboxylic acids is 1. The Balaban J connectivity index is 1.32. The summed E-state index contributed by atoms with van der Waals surface area (Å²) in [6.07, 6.45) is 8.07. The third kappa shape index (κ3) is 3.81. The largest absolute Gasteiger partial charge is 0.476 e. The molecule has 2 saturated heterocycles. The molecule has 0 spiro atoms. The second kappa shape index (κ2) is 8.23. The van der Waals surface area contributed by atoms with Gasteiger partial charge in [0, 0.05) is 43.4 Å². The molecule has 4 rings (SSSR count). The summed E-state index contributed by atoms with van der Waals surface area (Å²) in [6.45, 7) is 6.79. The monoisotopic (exact) mass is 388 g/mol. The van der Waals surface area contributed by atoms with Gasteiger partial charge in [-0.25, -0.2) is 4.79 Å². The average Bonchev–Trinajstić information content (AvgIpc) is 3.29. The molecule has 154 valence electrons. The van der Waals surface area contributed by atoms with E-state index in [1.807, 2.05) is 16.5 Å². The van der Waals surface area contributed by atoms with Crippen LogP contribution in [0.3, 0.4) is 0 Å². The fraction of sp³-hybridized carbons (Fsp3) is 0.762. The van der Waals surface area contributed by atoms with Crippen molar-refractivity contribution < 1.29 is 14.7 Å². The molecule has 2 aliphatic heterocycles. The molecule has 1 amide bonds. The topological polar surface area (TPSA) is 78.7 Å². The molecule has 0 unspecified atom stereocenters. The Morgan fingerprint density at radius 2 is 1.96 bits per heavy atom. The molecule has 1 N–H and O–H groups in total. The number of carbonyl (C=O) groups is 2. The van der Waals surface area contributed by atoms with Gasteiger partial charge in [0.25, 0.3) is 0 Å². The number of aromatic carboxylic acids is 1. The van der Waals surface area contributed by atoms with Crippen LogP contribution in [0.25, 0.3) is 0 Å². The van der Waals surface area contributed by atoms with Crippen molar-refractivity contribution in [1.29, 1.82) is 0 Å². The minimum atomic E-state index is -0.903. The summed E-state index contributed by atoms with van der Waals surface area (Å²) in [6, 6.07) is 0.432. The van der Waals surface area contributed by atoms with Gasteiger partial charge < -0.3 is 14.9 Å². The van der Waals surface area contributed by atoms with Crippen LogP contribution in [-0.4, -0.2) is 68.8 Å². The molecule has 0 saturated carbocycles. The highest BCUT2D eigenvalue weighted by Gasteiger charge is 2.33. The zero-order valence-corrected chi connectivity index (χ0v) is 16.9. The van der Waals surface area contributed by atoms with Crippen molar-refractivity contribution in [2.75, 3.05) is 26.2 Å². The number of carbonyl (C=O) groups excluding carboxylic acids is 1. The van der Waals surface area contributed by atoms with Crippen molar-refractivity contribution in [3.05, 3.63) is 17.0 Å². The van der Waals surface area contributed by atoms with Gasteiger partial charge in [-0.15, -0.1) is 0 Å². The first-order chi connectivity index (χ1) is 13.6. The van der Waals surface area contributed by atoms with Crippen LogP contribution in [0.5, 0.6) is 0 Å². The second-order valence-electron chi connectivity index (χ2n) is 8.54. The molecule has 0 radical (unpaired) electrons. The minimum Gasteiger partial charge on any atom is -0.476 e. The van der Waals surface area contributed by atoms with Crippen LogP contribution < -0.4 is 0 Å². The van der Waals surface area contributed by atoms with Crippen molar-refractivity contribution in [1.82, 2.24) is 19.6 Å². The third-order valence-corrected chi connectivity index (χ3v) is 6.97. The highest BCUT2D eigenvalue weighted by atomic mass is 16.4. The number of aryl methyl sites for hydroxylation is 1. The van der Waals surface area contributed by atoms with Crippen molar-refractivity contribution in [3.8, 4) is 0 Å². The molecule has 28 heavy (non-hydrogen) atoms. The lowest BCUT2D eigenvalue weighted by atomic mass is 9.87. The van der Waals surface area contributed by atoms with E-state index in [1.165, 1.54) is 12.8 Å². The maximum Gasteiger partial charge on any atom is 0.356 e. The Morgan fingerprint density at radius 1 is 1.18 bits per heavy atom. The van der Waals surface area contributed by atoms with E-state index in [1.54, 1.807) is 0 Å². The Hall–Kier alpha value is -1.89. The fourth-order valence-corrected chi connectivity index (χ4v) is 5.30. The first-order valence-electron chi connectivity index (χ1n) is 10.9. The number of carboxylic acid groups (broad SMARTS) is 1. The SMILES string of the molecule is CCn1nc(C(=O)O)c2c1CC[C@@H](N1CCC(CCN3CCCC3=O)CC1)C2. The summed E-state index contributed by atoms with van der Waals surface area (Å²) < 4.78 is 1.88. The van der Waals surface area contributed by atoms with Crippen LogP contribution >= 0.6 is 0 Å². The van der Waals surface area contributed by atoms with Gasteiger partial charge in [-0.3, -0.25) is 9.48 Å². The molecule has 3 heterocycles. The molecule has 1 aromatic rings. The zero-order valence-electron chi connectivity index (χ0n) is 16.9. The minimum absolute atomic E-state index is 0.256. The number of hydrogen-bond acceptors (Lipinski definition) is 4. The van der Waals surface area contributed by atoms with Crippen LogP contribution in [0, 0.1) is 5.92 Å². The lowest BCUT2D eigenvalue weighted by Gasteiger charge is -2.39. The lowest BCUT2D eigenvalue weighted by molar-refractivity contribution is -0.127. The maximum absolute atomic E-state index is 11.8. The number of piperidine rings is 1. The first kappa shape index (κ1) is 19.4. The van der Waals surface area contributed by atoms with E-state index in [9.17, 15) is 14.7 Å². The summed E-state index contributed by atoms with van der Waals surface area (Å²) in [5.41, 5.74) is 2.34. The average molecular weight is 389 g/mol. The van der Waals surface area contributed by atoms with E-state index < -0.39 is 5.97 Å². The maximum atomic E-state index is 11.8. The smallest absolute Gasteiger partial charge is 0.356 e. The van der Waals surface area contributed by atoms with E-state index in [-0.39, 0.29) is 5.69 Å². The Morgan fingerprint density at radius 3 is 2.61 bits per heavy atom. The molecule has 7 nitrogen and oxygen atoms in total. The molecular formula is C21H32N4O3. The van der Waals surface area contributed by atoms with Gasteiger partial charge in [-0.1, -0.05) is 0 Å². The standard InChI is InChI=1S/C21H32N4O3/c1-2-25-18-6-5-16(14-17(18)20(22-25)21(27)28)23-11-7-15(8-12-23)9-13-24-10-3-4-19(24)26/h15-16H,2-14H2,1H3,(H,27,28)/t16-/m1/s1. The highest BCUT2D eigenvalue weighted by Crippen LogP contribution is 2.31. The Bertz CT molecular complexity index is 736. The molecule has 2 fully saturated rings. The number of rotatable bonds is 6. The third-order valence-electron chi connectivity index (χ3n) is 6.97. The van der Waals surface area contributed by atoms with Gasteiger partial charge in [0.2, 0.25) is 5.91 Å². The van der Waals surface area contributed by atoms with Crippen LogP contribution in [0.1, 0.15) is 67.2 Å². The molecule has 1 aromatic heterocycles. The molecule has 0 aromatic carbocycles. The normalized spacial score (nSPS) is 24.0. The van der Waals surface area contributed by atoms with Gasteiger partial charge in [-0.2, -0.15) is 5.10 Å². The predicted molar refractivity (Wildman–Crippen MR) is 105 cm³/mol. The Labute approximate surface area is 166 Å². The van der Waals surface area contributed by atoms with Crippen molar-refractivity contribution >= 4 is 11.9 Å². The van der Waals surface area contributed by atoms with E-state index in [4.69, 9.17) is 0 Å². The highest BCUT2D eigenvalue weighted by molar-refractivity contribution is 5.87. The summed E-state index contributed by atoms with van der Waals surface area (Å²) in [5.74, 6) is 0.137. The number of nitrogens with zero attached hydrogens (tertiary/aromatic N) is 4. The van der Waals surface area contributed by atoms with Gasteiger partial charge in [-0.05, 0) is 70.9 Å². The second-order valence-corrected chi connectivity index (χ2v) is 8.54. The van der Waals surface area contributed by atoms with Crippen LogP contribution in [-0.2, 0) is 24.2 Å². The number of likely N-dealkylation sites (tertiary alicyclic amines) is 2. The van der Waals surface area contributed by atoms with Gasteiger partial charge >= 0.3 is 5.97 Å². The quantitative estimate of drug-likeness (QED) is 0.808. The summed E-state index contributed by atoms with van der Waals surface area (Å²) in [7, 11) is 0. The van der Waals surface area contributed by atoms with Crippen molar-refractivity contribution in [2.45, 2.75) is 70.9 Å². The fourth-order valence-electron chi connectivity index (χ4n) is 5.30.